The number of amidine groups is 1. The van der Waals surface area contributed by atoms with Crippen LogP contribution in [0, 0.1) is 0 Å². The Bertz CT molecular complexity index is 970. The van der Waals surface area contributed by atoms with Crippen molar-refractivity contribution in [2.45, 2.75) is 6.42 Å². The second kappa shape index (κ2) is 8.02. The van der Waals surface area contributed by atoms with Crippen LogP contribution in [0.25, 0.3) is 0 Å². The minimum absolute atomic E-state index is 0.158. The number of aliphatic imine (C=N–C) groups is 1. The summed E-state index contributed by atoms with van der Waals surface area (Å²) in [4.78, 5) is 17.8. The van der Waals surface area contributed by atoms with Gasteiger partial charge >= 0.3 is 0 Å². The highest BCUT2D eigenvalue weighted by molar-refractivity contribution is 9.10. The predicted octanol–water partition coefficient (Wildman–Crippen LogP) is 4.64. The summed E-state index contributed by atoms with van der Waals surface area (Å²) in [7, 11) is 0. The standard InChI is InChI=1S/C20H15BrN2O3S/c21-15-8-4-5-9-16(15)22-20-23-19(24)18(27-20)14(17-11-25-12-26-17)10-13-6-2-1-3-7-13/h1-9,11H,10,12H2,(H,22,23,24). The van der Waals surface area contributed by atoms with E-state index in [0.29, 0.717) is 22.3 Å². The van der Waals surface area contributed by atoms with Crippen LogP contribution in [0.3, 0.4) is 0 Å². The molecule has 2 aliphatic rings. The lowest BCUT2D eigenvalue weighted by Gasteiger charge is -2.09. The largest absolute Gasteiger partial charge is 0.461 e. The number of nitrogens with one attached hydrogen (secondary N) is 1. The number of allylic oxidation sites excluding steroid dienone is 1. The fourth-order valence-corrected chi connectivity index (χ4v) is 4.00. The number of nitrogens with zero attached hydrogens (tertiary/aromatic N) is 1. The first-order chi connectivity index (χ1) is 13.2. The predicted molar refractivity (Wildman–Crippen MR) is 109 cm³/mol. The first-order valence-corrected chi connectivity index (χ1v) is 9.86. The number of ether oxygens (including phenoxy) is 2. The van der Waals surface area contributed by atoms with Gasteiger partial charge in [-0.05, 0) is 45.4 Å². The molecule has 0 aliphatic carbocycles. The first kappa shape index (κ1) is 17.9. The molecule has 2 aliphatic heterocycles. The normalized spacial score (nSPS) is 19.4. The average molecular weight is 443 g/mol. The summed E-state index contributed by atoms with van der Waals surface area (Å²) in [6.45, 7) is 0.158. The van der Waals surface area contributed by atoms with Gasteiger partial charge in [0.2, 0.25) is 6.79 Å². The van der Waals surface area contributed by atoms with Crippen molar-refractivity contribution in [3.05, 3.63) is 87.1 Å². The van der Waals surface area contributed by atoms with Gasteiger partial charge in [0.05, 0.1) is 10.6 Å². The van der Waals surface area contributed by atoms with Gasteiger partial charge in [-0.15, -0.1) is 0 Å². The molecule has 27 heavy (non-hydrogen) atoms. The van der Waals surface area contributed by atoms with E-state index in [2.05, 4.69) is 26.2 Å². The Morgan fingerprint density at radius 1 is 1.15 bits per heavy atom. The molecule has 0 saturated carbocycles. The lowest BCUT2D eigenvalue weighted by molar-refractivity contribution is -0.115. The molecule has 1 N–H and O–H groups in total. The van der Waals surface area contributed by atoms with Crippen molar-refractivity contribution in [2.24, 2.45) is 4.99 Å². The molecule has 0 radical (unpaired) electrons. The van der Waals surface area contributed by atoms with E-state index in [4.69, 9.17) is 9.47 Å². The van der Waals surface area contributed by atoms with Gasteiger partial charge in [0.15, 0.2) is 10.9 Å². The number of benzene rings is 2. The molecule has 0 unspecified atom stereocenters. The van der Waals surface area contributed by atoms with Gasteiger partial charge in [-0.25, -0.2) is 4.99 Å². The third kappa shape index (κ3) is 4.09. The van der Waals surface area contributed by atoms with Crippen molar-refractivity contribution in [3.8, 4) is 0 Å². The topological polar surface area (TPSA) is 59.9 Å². The molecule has 0 aromatic heterocycles. The van der Waals surface area contributed by atoms with Crippen molar-refractivity contribution in [1.29, 1.82) is 0 Å². The molecule has 1 saturated heterocycles. The zero-order valence-electron chi connectivity index (χ0n) is 14.1. The van der Waals surface area contributed by atoms with Crippen molar-refractivity contribution < 1.29 is 14.3 Å². The Kier molecular flexibility index (Phi) is 5.31. The molecule has 0 bridgehead atoms. The molecular weight excluding hydrogens is 428 g/mol. The SMILES string of the molecule is O=C1NC(=Nc2ccccc2Br)SC1=C(Cc1ccccc1)C1=COCO1. The van der Waals surface area contributed by atoms with Gasteiger partial charge in [0.1, 0.15) is 6.26 Å². The Hall–Kier alpha value is -2.51. The quantitative estimate of drug-likeness (QED) is 0.700. The lowest BCUT2D eigenvalue weighted by Crippen LogP contribution is -2.20. The van der Waals surface area contributed by atoms with E-state index in [0.717, 1.165) is 21.3 Å². The molecule has 1 fully saturated rings. The molecular formula is C20H15BrN2O3S. The lowest BCUT2D eigenvalue weighted by atomic mass is 10.0. The molecule has 2 heterocycles. The molecule has 2 aromatic carbocycles. The van der Waals surface area contributed by atoms with E-state index in [-0.39, 0.29) is 12.7 Å². The Labute approximate surface area is 169 Å². The number of rotatable bonds is 4. The maximum Gasteiger partial charge on any atom is 0.264 e. The summed E-state index contributed by atoms with van der Waals surface area (Å²) in [6.07, 6.45) is 2.12. The third-order valence-corrected chi connectivity index (χ3v) is 5.66. The van der Waals surface area contributed by atoms with Crippen molar-refractivity contribution in [2.75, 3.05) is 6.79 Å². The minimum atomic E-state index is -0.187. The first-order valence-electron chi connectivity index (χ1n) is 8.25. The highest BCUT2D eigenvalue weighted by Crippen LogP contribution is 2.35. The average Bonchev–Trinajstić information content (AvgIpc) is 3.33. The highest BCUT2D eigenvalue weighted by Gasteiger charge is 2.30. The Morgan fingerprint density at radius 3 is 2.67 bits per heavy atom. The highest BCUT2D eigenvalue weighted by atomic mass is 79.9. The van der Waals surface area contributed by atoms with Crippen LogP contribution in [-0.4, -0.2) is 17.9 Å². The maximum absolute atomic E-state index is 12.6. The number of carbonyl (C=O) groups is 1. The van der Waals surface area contributed by atoms with Gasteiger partial charge in [-0.1, -0.05) is 42.5 Å². The van der Waals surface area contributed by atoms with Gasteiger partial charge in [0.25, 0.3) is 5.91 Å². The van der Waals surface area contributed by atoms with Crippen LogP contribution in [0.5, 0.6) is 0 Å². The second-order valence-electron chi connectivity index (χ2n) is 5.81. The number of thioether (sulfide) groups is 1. The summed E-state index contributed by atoms with van der Waals surface area (Å²) < 4.78 is 11.6. The van der Waals surface area contributed by atoms with Crippen LogP contribution in [0.4, 0.5) is 5.69 Å². The molecule has 0 spiro atoms. The van der Waals surface area contributed by atoms with E-state index in [9.17, 15) is 4.79 Å². The van der Waals surface area contributed by atoms with E-state index < -0.39 is 0 Å². The molecule has 2 aromatic rings. The van der Waals surface area contributed by atoms with Crippen molar-refractivity contribution >= 4 is 44.5 Å². The zero-order chi connectivity index (χ0) is 18.6. The summed E-state index contributed by atoms with van der Waals surface area (Å²) in [5.74, 6) is 0.395. The molecule has 136 valence electrons. The van der Waals surface area contributed by atoms with Crippen LogP contribution in [-0.2, 0) is 20.7 Å². The van der Waals surface area contributed by atoms with Crippen molar-refractivity contribution in [1.82, 2.24) is 5.32 Å². The molecule has 4 rings (SSSR count). The fraction of sp³-hybridized carbons (Fsp3) is 0.100. The van der Waals surface area contributed by atoms with Gasteiger partial charge < -0.3 is 14.8 Å². The number of carbonyl (C=O) groups excluding carboxylic acids is 1. The smallest absolute Gasteiger partial charge is 0.264 e. The Balaban J connectivity index is 1.69. The number of hydrogen-bond donors (Lipinski definition) is 1. The number of amides is 1. The summed E-state index contributed by atoms with van der Waals surface area (Å²) in [5, 5.41) is 3.38. The number of para-hydroxylation sites is 1. The summed E-state index contributed by atoms with van der Waals surface area (Å²) in [5.41, 5.74) is 2.63. The Morgan fingerprint density at radius 2 is 1.93 bits per heavy atom. The van der Waals surface area contributed by atoms with Crippen LogP contribution in [0.2, 0.25) is 0 Å². The zero-order valence-corrected chi connectivity index (χ0v) is 16.5. The van der Waals surface area contributed by atoms with Crippen LogP contribution < -0.4 is 5.32 Å². The van der Waals surface area contributed by atoms with Gasteiger partial charge in [0, 0.05) is 16.5 Å². The number of hydrogen-bond acceptors (Lipinski definition) is 5. The van der Waals surface area contributed by atoms with Crippen molar-refractivity contribution in [3.63, 3.8) is 0 Å². The van der Waals surface area contributed by atoms with Gasteiger partial charge in [-0.3, -0.25) is 4.79 Å². The molecule has 7 heteroatoms. The summed E-state index contributed by atoms with van der Waals surface area (Å²) in [6, 6.07) is 17.6. The monoisotopic (exact) mass is 442 g/mol. The molecule has 0 atom stereocenters. The third-order valence-electron chi connectivity index (χ3n) is 3.97. The van der Waals surface area contributed by atoms with Gasteiger partial charge in [-0.2, -0.15) is 0 Å². The van der Waals surface area contributed by atoms with Crippen LogP contribution in [0.15, 0.2) is 86.6 Å². The number of halogens is 1. The second-order valence-corrected chi connectivity index (χ2v) is 7.66. The van der Waals surface area contributed by atoms with E-state index in [1.165, 1.54) is 11.8 Å². The summed E-state index contributed by atoms with van der Waals surface area (Å²) >= 11 is 4.78. The van der Waals surface area contributed by atoms with E-state index in [1.54, 1.807) is 6.26 Å². The van der Waals surface area contributed by atoms with Crippen LogP contribution >= 0.6 is 27.7 Å². The van der Waals surface area contributed by atoms with E-state index in [1.807, 2.05) is 54.6 Å². The molecule has 5 nitrogen and oxygen atoms in total. The van der Waals surface area contributed by atoms with Crippen LogP contribution in [0.1, 0.15) is 5.56 Å². The van der Waals surface area contributed by atoms with E-state index >= 15 is 0 Å². The maximum atomic E-state index is 12.6. The minimum Gasteiger partial charge on any atom is -0.461 e. The molecule has 1 amide bonds. The fourth-order valence-electron chi connectivity index (χ4n) is 2.70.